The Balaban J connectivity index is 1.59. The van der Waals surface area contributed by atoms with Crippen molar-refractivity contribution in [2.24, 2.45) is 51.5 Å². The molecule has 11 atom stereocenters. The van der Waals surface area contributed by atoms with E-state index >= 15 is 0 Å². The predicted octanol–water partition coefficient (Wildman–Crippen LogP) is 5.27. The molecule has 0 unspecified atom stereocenters. The molecule has 0 aromatic heterocycles. The molecule has 6 heteroatoms. The number of hydrogen-bond donors (Lipinski definition) is 2. The third kappa shape index (κ3) is 3.63. The molecule has 2 N–H and O–H groups in total. The van der Waals surface area contributed by atoms with Crippen LogP contribution in [0.2, 0.25) is 0 Å². The van der Waals surface area contributed by atoms with Gasteiger partial charge in [0, 0.05) is 17.4 Å². The van der Waals surface area contributed by atoms with E-state index in [0.29, 0.717) is 36.0 Å². The number of aliphatic hydroxyl groups is 2. The Morgan fingerprint density at radius 2 is 1.90 bits per heavy atom. The first kappa shape index (κ1) is 23.1. The van der Waals surface area contributed by atoms with Crippen LogP contribution in [0.1, 0.15) is 85.5 Å². The van der Waals surface area contributed by atoms with Crippen molar-refractivity contribution in [2.75, 3.05) is 0 Å². The van der Waals surface area contributed by atoms with Crippen molar-refractivity contribution in [2.45, 2.75) is 104 Å². The van der Waals surface area contributed by atoms with E-state index in [1.807, 2.05) is 0 Å². The van der Waals surface area contributed by atoms with Gasteiger partial charge in [0.1, 0.15) is 5.78 Å². The van der Waals surface area contributed by atoms with Gasteiger partial charge in [0.2, 0.25) is 0 Å². The molecule has 174 valence electrons. The van der Waals surface area contributed by atoms with E-state index < -0.39 is 0 Å². The topological polar surface area (TPSA) is 106 Å². The van der Waals surface area contributed by atoms with E-state index in [4.69, 9.17) is 5.53 Å². The second-order valence-electron chi connectivity index (χ2n) is 11.9. The van der Waals surface area contributed by atoms with Gasteiger partial charge in [-0.2, -0.15) is 0 Å². The SMILES string of the molecule is CC(=O)CC[C@@H](C)[C@H]1CC[C@H]2[C@@H]3[C@H](O)C[C@@H]4C[C@H](N=[N+]=[N-])CC[C@]4(C)[C@H]3C[C@H](O)[C@]12C. The highest BCUT2D eigenvalue weighted by molar-refractivity contribution is 5.75. The molecule has 0 spiro atoms. The fourth-order valence-corrected chi connectivity index (χ4v) is 8.94. The van der Waals surface area contributed by atoms with Crippen molar-refractivity contribution < 1.29 is 15.0 Å². The van der Waals surface area contributed by atoms with E-state index in [1.54, 1.807) is 6.92 Å². The van der Waals surface area contributed by atoms with Gasteiger partial charge in [-0.1, -0.05) is 25.9 Å². The van der Waals surface area contributed by atoms with E-state index in [0.717, 1.165) is 51.4 Å². The number of ketones is 1. The Bertz CT molecular complexity index is 752. The van der Waals surface area contributed by atoms with Crippen molar-refractivity contribution in [1.29, 1.82) is 0 Å². The van der Waals surface area contributed by atoms with Crippen LogP contribution >= 0.6 is 0 Å². The molecule has 4 rings (SSSR count). The lowest BCUT2D eigenvalue weighted by molar-refractivity contribution is -0.202. The lowest BCUT2D eigenvalue weighted by atomic mass is 9.43. The summed E-state index contributed by atoms with van der Waals surface area (Å²) < 4.78 is 0. The highest BCUT2D eigenvalue weighted by Gasteiger charge is 2.65. The number of rotatable bonds is 5. The van der Waals surface area contributed by atoms with E-state index in [1.165, 1.54) is 0 Å². The van der Waals surface area contributed by atoms with Crippen LogP contribution in [0, 0.1) is 46.3 Å². The molecule has 0 heterocycles. The molecule has 0 radical (unpaired) electrons. The summed E-state index contributed by atoms with van der Waals surface area (Å²) in [6.07, 6.45) is 7.34. The Labute approximate surface area is 186 Å². The van der Waals surface area contributed by atoms with Gasteiger partial charge in [-0.05, 0) is 110 Å². The van der Waals surface area contributed by atoms with Crippen LogP contribution in [0.3, 0.4) is 0 Å². The molecule has 0 saturated heterocycles. The molecule has 0 aromatic carbocycles. The van der Waals surface area contributed by atoms with Crippen LogP contribution in [0.25, 0.3) is 10.4 Å². The number of Topliss-reactive ketones (excluding diaryl/α,β-unsaturated/α-hetero) is 1. The molecule has 6 nitrogen and oxygen atoms in total. The van der Waals surface area contributed by atoms with Gasteiger partial charge in [0.05, 0.1) is 12.2 Å². The zero-order valence-corrected chi connectivity index (χ0v) is 19.7. The molecule has 0 amide bonds. The lowest BCUT2D eigenvalue weighted by Crippen LogP contribution is -2.62. The highest BCUT2D eigenvalue weighted by Crippen LogP contribution is 2.68. The van der Waals surface area contributed by atoms with Gasteiger partial charge < -0.3 is 15.0 Å². The Morgan fingerprint density at radius 3 is 2.58 bits per heavy atom. The van der Waals surface area contributed by atoms with Gasteiger partial charge in [0.15, 0.2) is 0 Å². The number of hydrogen-bond acceptors (Lipinski definition) is 4. The molecular formula is C25H41N3O3. The largest absolute Gasteiger partial charge is 0.393 e. The minimum Gasteiger partial charge on any atom is -0.393 e. The van der Waals surface area contributed by atoms with Crippen molar-refractivity contribution in [1.82, 2.24) is 0 Å². The fourth-order valence-electron chi connectivity index (χ4n) is 8.94. The monoisotopic (exact) mass is 431 g/mol. The minimum atomic E-state index is -0.358. The number of carbonyl (C=O) groups is 1. The predicted molar refractivity (Wildman–Crippen MR) is 120 cm³/mol. The van der Waals surface area contributed by atoms with Gasteiger partial charge in [0.25, 0.3) is 0 Å². The summed E-state index contributed by atoms with van der Waals surface area (Å²) in [6, 6.07) is 0.0450. The number of carbonyl (C=O) groups excluding carboxylic acids is 1. The molecule has 0 aromatic rings. The van der Waals surface area contributed by atoms with E-state index in [9.17, 15) is 15.0 Å². The second kappa shape index (κ2) is 8.35. The summed E-state index contributed by atoms with van der Waals surface area (Å²) in [6.45, 7) is 8.58. The first-order valence-electron chi connectivity index (χ1n) is 12.5. The molecule has 0 aliphatic heterocycles. The Hall–Kier alpha value is -1.10. The molecule has 4 aliphatic carbocycles. The van der Waals surface area contributed by atoms with Gasteiger partial charge in [-0.15, -0.1) is 0 Å². The molecule has 4 saturated carbocycles. The summed E-state index contributed by atoms with van der Waals surface area (Å²) in [5, 5.41) is 27.0. The maximum Gasteiger partial charge on any atom is 0.129 e. The summed E-state index contributed by atoms with van der Waals surface area (Å²) in [7, 11) is 0. The van der Waals surface area contributed by atoms with Crippen molar-refractivity contribution in [3.63, 3.8) is 0 Å². The summed E-state index contributed by atoms with van der Waals surface area (Å²) in [5.41, 5.74) is 8.81. The average Bonchev–Trinajstić information content (AvgIpc) is 3.07. The van der Waals surface area contributed by atoms with E-state index in [2.05, 4.69) is 30.8 Å². The summed E-state index contributed by atoms with van der Waals surface area (Å²) >= 11 is 0. The molecule has 4 aliphatic rings. The maximum absolute atomic E-state index is 11.6. The number of nitrogens with zero attached hydrogens (tertiary/aromatic N) is 3. The van der Waals surface area contributed by atoms with Gasteiger partial charge in [-0.3, -0.25) is 0 Å². The van der Waals surface area contributed by atoms with Crippen molar-refractivity contribution >= 4 is 5.78 Å². The second-order valence-corrected chi connectivity index (χ2v) is 11.9. The molecule has 0 bridgehead atoms. The Morgan fingerprint density at radius 1 is 1.16 bits per heavy atom. The normalized spacial score (nSPS) is 49.9. The summed E-state index contributed by atoms with van der Waals surface area (Å²) in [5.74, 6) is 2.33. The van der Waals surface area contributed by atoms with E-state index in [-0.39, 0.29) is 40.8 Å². The summed E-state index contributed by atoms with van der Waals surface area (Å²) in [4.78, 5) is 14.6. The van der Waals surface area contributed by atoms with Crippen LogP contribution in [0.5, 0.6) is 0 Å². The first-order chi connectivity index (χ1) is 14.6. The third-order valence-electron chi connectivity index (χ3n) is 10.7. The van der Waals surface area contributed by atoms with Crippen LogP contribution in [-0.2, 0) is 4.79 Å². The molecular weight excluding hydrogens is 390 g/mol. The highest BCUT2D eigenvalue weighted by atomic mass is 16.3. The number of fused-ring (bicyclic) bond motifs is 5. The third-order valence-corrected chi connectivity index (χ3v) is 10.7. The minimum absolute atomic E-state index is 0.0450. The number of azide groups is 1. The van der Waals surface area contributed by atoms with Gasteiger partial charge in [-0.25, -0.2) is 0 Å². The standard InChI is InChI=1S/C25H41N3O3/c1-14(5-6-15(2)29)18-7-8-19-23-20(13-22(31)25(18,19)4)24(3)10-9-17(27-28-26)11-16(24)12-21(23)30/h14,16-23,30-31H,5-13H2,1-4H3/t14-,16+,17-,18-,19+,20+,21-,22+,23+,24+,25-/m1/s1. The first-order valence-corrected chi connectivity index (χ1v) is 12.5. The molecule has 31 heavy (non-hydrogen) atoms. The van der Waals surface area contributed by atoms with Crippen LogP contribution < -0.4 is 0 Å². The average molecular weight is 432 g/mol. The van der Waals surface area contributed by atoms with Crippen LogP contribution in [0.15, 0.2) is 5.11 Å². The van der Waals surface area contributed by atoms with Crippen LogP contribution in [-0.4, -0.2) is 34.2 Å². The van der Waals surface area contributed by atoms with Gasteiger partial charge >= 0.3 is 0 Å². The lowest BCUT2D eigenvalue weighted by Gasteiger charge is -2.63. The zero-order chi connectivity index (χ0) is 22.6. The zero-order valence-electron chi connectivity index (χ0n) is 19.7. The molecule has 4 fully saturated rings. The number of aliphatic hydroxyl groups excluding tert-OH is 2. The smallest absolute Gasteiger partial charge is 0.129 e. The fraction of sp³-hybridized carbons (Fsp3) is 0.960. The van der Waals surface area contributed by atoms with Crippen LogP contribution in [0.4, 0.5) is 0 Å². The Kier molecular flexibility index (Phi) is 6.22. The van der Waals surface area contributed by atoms with Crippen molar-refractivity contribution in [3.8, 4) is 0 Å². The quantitative estimate of drug-likeness (QED) is 0.352. The van der Waals surface area contributed by atoms with Crippen molar-refractivity contribution in [3.05, 3.63) is 10.4 Å². The maximum atomic E-state index is 11.6.